The lowest BCUT2D eigenvalue weighted by molar-refractivity contribution is -0.438. The van der Waals surface area contributed by atoms with Gasteiger partial charge in [0.1, 0.15) is 6.54 Å². The van der Waals surface area contributed by atoms with Gasteiger partial charge in [-0.3, -0.25) is 4.55 Å². The van der Waals surface area contributed by atoms with Crippen LogP contribution in [0.2, 0.25) is 0 Å². The summed E-state index contributed by atoms with van der Waals surface area (Å²) in [7, 11) is -4.31. The Morgan fingerprint density at radius 2 is 1.47 bits per heavy atom. The van der Waals surface area contributed by atoms with Crippen LogP contribution in [-0.2, 0) is 30.3 Å². The van der Waals surface area contributed by atoms with Crippen LogP contribution in [0, 0.1) is 0 Å². The van der Waals surface area contributed by atoms with Gasteiger partial charge in [-0.2, -0.15) is 13.0 Å². The fourth-order valence-corrected chi connectivity index (χ4v) is 9.57. The molecule has 292 valence electrons. The molecular weight excluding hydrogens is 729 g/mol. The topological polar surface area (TPSA) is 99.3 Å². The molecule has 0 saturated carbocycles. The first-order valence-corrected chi connectivity index (χ1v) is 21.8. The van der Waals surface area contributed by atoms with Crippen molar-refractivity contribution in [3.63, 3.8) is 0 Å². The molecule has 4 aromatic rings. The van der Waals surface area contributed by atoms with Gasteiger partial charge in [0.05, 0.1) is 22.4 Å². The van der Waals surface area contributed by atoms with Gasteiger partial charge in [0, 0.05) is 52.4 Å². The average molecular weight is 784 g/mol. The van der Waals surface area contributed by atoms with Crippen molar-refractivity contribution in [2.75, 3.05) is 18.0 Å². The molecule has 4 aromatic carbocycles. The SMILES string of the molecule is CCCCCCN1C(=CC=CC=CC2=[N+](CCCCCC)c3ccc4cc(S(=O)(=O)O)ccc4c3C2(C)C)C(C)(C)c2c1ccc1cc(SOOO)ccc21. The third-order valence-electron chi connectivity index (χ3n) is 11.3. The monoisotopic (exact) mass is 783 g/mol. The van der Waals surface area contributed by atoms with Gasteiger partial charge in [-0.15, -0.1) is 4.33 Å². The van der Waals surface area contributed by atoms with Gasteiger partial charge in [-0.25, -0.2) is 5.26 Å². The molecule has 2 N–H and O–H groups in total. The van der Waals surface area contributed by atoms with Gasteiger partial charge < -0.3 is 4.90 Å². The Labute approximate surface area is 331 Å². The molecular formula is C45H55N2O6S2+. The van der Waals surface area contributed by atoms with E-state index in [2.05, 4.69) is 117 Å². The maximum absolute atomic E-state index is 11.9. The number of allylic oxidation sites excluding steroid dienone is 6. The van der Waals surface area contributed by atoms with Crippen molar-refractivity contribution in [3.05, 3.63) is 108 Å². The lowest BCUT2D eigenvalue weighted by Crippen LogP contribution is -2.28. The fourth-order valence-electron chi connectivity index (χ4n) is 8.64. The molecule has 0 aromatic heterocycles. The van der Waals surface area contributed by atoms with Crippen molar-refractivity contribution in [2.45, 2.75) is 114 Å². The number of benzene rings is 4. The second kappa shape index (κ2) is 17.2. The van der Waals surface area contributed by atoms with E-state index in [1.54, 1.807) is 6.07 Å². The fraction of sp³-hybridized carbons (Fsp3) is 0.400. The van der Waals surface area contributed by atoms with Crippen LogP contribution in [0.5, 0.6) is 0 Å². The standard InChI is InChI=1S/C45H54N2O6S2/c1-7-9-11-16-28-46-38-26-20-32-30-34(54-53-52-48)22-24-36(32)42(38)44(3,4)40(46)18-14-13-15-19-41-45(5,6)43-37-25-23-35(55(49,50)51)31-33(37)21-27-39(43)47(41)29-17-12-10-8-2/h13-15,18-27,30-31H,7-12,16-17,28-29H2,1-6H3,(H-,48,49,50,51)/p+1. The van der Waals surface area contributed by atoms with E-state index in [-0.39, 0.29) is 15.7 Å². The predicted octanol–water partition coefficient (Wildman–Crippen LogP) is 12.0. The van der Waals surface area contributed by atoms with E-state index in [9.17, 15) is 13.0 Å². The zero-order valence-electron chi connectivity index (χ0n) is 33.0. The van der Waals surface area contributed by atoms with Gasteiger partial charge >= 0.3 is 0 Å². The summed E-state index contributed by atoms with van der Waals surface area (Å²) < 4.78 is 40.8. The maximum Gasteiger partial charge on any atom is 0.294 e. The van der Waals surface area contributed by atoms with Crippen LogP contribution in [0.25, 0.3) is 21.5 Å². The van der Waals surface area contributed by atoms with E-state index in [4.69, 9.17) is 9.59 Å². The highest BCUT2D eigenvalue weighted by molar-refractivity contribution is 7.94. The molecule has 0 fully saturated rings. The second-order valence-electron chi connectivity index (χ2n) is 15.7. The van der Waals surface area contributed by atoms with Gasteiger partial charge in [-0.05, 0) is 96.3 Å². The predicted molar refractivity (Wildman–Crippen MR) is 226 cm³/mol. The number of hydrogen-bond acceptors (Lipinski definition) is 7. The Balaban J connectivity index is 1.34. The summed E-state index contributed by atoms with van der Waals surface area (Å²) in [6.45, 7) is 15.4. The molecule has 0 saturated heterocycles. The Kier molecular flexibility index (Phi) is 12.8. The Hall–Kier alpha value is -3.77. The minimum Gasteiger partial charge on any atom is -0.344 e. The smallest absolute Gasteiger partial charge is 0.294 e. The zero-order valence-corrected chi connectivity index (χ0v) is 34.6. The number of anilines is 1. The Morgan fingerprint density at radius 3 is 2.20 bits per heavy atom. The van der Waals surface area contributed by atoms with Crippen LogP contribution >= 0.6 is 12.0 Å². The van der Waals surface area contributed by atoms with E-state index in [1.807, 2.05) is 18.2 Å². The molecule has 2 aliphatic rings. The van der Waals surface area contributed by atoms with Gasteiger partial charge in [-0.1, -0.05) is 101 Å². The minimum absolute atomic E-state index is 0.0927. The largest absolute Gasteiger partial charge is 0.344 e. The molecule has 10 heteroatoms. The zero-order chi connectivity index (χ0) is 39.4. The first-order chi connectivity index (χ1) is 26.3. The van der Waals surface area contributed by atoms with Crippen molar-refractivity contribution in [2.24, 2.45) is 0 Å². The molecule has 2 heterocycles. The summed E-state index contributed by atoms with van der Waals surface area (Å²) >= 11 is 0.971. The van der Waals surface area contributed by atoms with Crippen LogP contribution in [0.4, 0.5) is 11.4 Å². The third-order valence-corrected chi connectivity index (χ3v) is 12.7. The number of nitrogens with zero attached hydrogens (tertiary/aromatic N) is 2. The first-order valence-electron chi connectivity index (χ1n) is 19.6. The van der Waals surface area contributed by atoms with E-state index >= 15 is 0 Å². The van der Waals surface area contributed by atoms with E-state index in [0.717, 1.165) is 71.1 Å². The maximum atomic E-state index is 11.9. The van der Waals surface area contributed by atoms with E-state index < -0.39 is 10.1 Å². The highest BCUT2D eigenvalue weighted by atomic mass is 32.2. The minimum atomic E-state index is -4.31. The summed E-state index contributed by atoms with van der Waals surface area (Å²) in [5, 5.41) is 16.6. The Morgan fingerprint density at radius 1 is 0.782 bits per heavy atom. The molecule has 8 nitrogen and oxygen atoms in total. The summed E-state index contributed by atoms with van der Waals surface area (Å²) in [5.74, 6) is 0. The number of unbranched alkanes of at least 4 members (excludes halogenated alkanes) is 6. The summed E-state index contributed by atoms with van der Waals surface area (Å²) in [6.07, 6.45) is 20.3. The van der Waals surface area contributed by atoms with Gasteiger partial charge in [0.2, 0.25) is 5.69 Å². The third kappa shape index (κ3) is 8.36. The van der Waals surface area contributed by atoms with Crippen LogP contribution in [0.3, 0.4) is 0 Å². The lowest BCUT2D eigenvalue weighted by Gasteiger charge is -2.27. The number of hydrogen-bond donors (Lipinski definition) is 2. The van der Waals surface area contributed by atoms with Crippen LogP contribution < -0.4 is 4.90 Å². The van der Waals surface area contributed by atoms with Crippen molar-refractivity contribution < 1.29 is 32.2 Å². The van der Waals surface area contributed by atoms with Crippen molar-refractivity contribution in [1.29, 1.82) is 0 Å². The van der Waals surface area contributed by atoms with Crippen LogP contribution in [-0.4, -0.2) is 41.6 Å². The normalized spacial score (nSPS) is 17.2. The first kappa shape index (κ1) is 40.9. The molecule has 0 unspecified atom stereocenters. The molecule has 0 spiro atoms. The van der Waals surface area contributed by atoms with Crippen LogP contribution in [0.1, 0.15) is 104 Å². The molecule has 0 atom stereocenters. The van der Waals surface area contributed by atoms with Crippen molar-refractivity contribution >= 4 is 60.8 Å². The lowest BCUT2D eigenvalue weighted by atomic mass is 9.79. The van der Waals surface area contributed by atoms with Crippen molar-refractivity contribution in [1.82, 2.24) is 0 Å². The van der Waals surface area contributed by atoms with E-state index in [1.165, 1.54) is 71.8 Å². The summed E-state index contributed by atoms with van der Waals surface area (Å²) in [4.78, 5) is 3.25. The quantitative estimate of drug-likeness (QED) is 0.0208. The molecule has 6 rings (SSSR count). The molecule has 0 bridgehead atoms. The molecule has 0 amide bonds. The molecule has 0 radical (unpaired) electrons. The van der Waals surface area contributed by atoms with Gasteiger partial charge in [0.25, 0.3) is 10.1 Å². The molecule has 55 heavy (non-hydrogen) atoms. The van der Waals surface area contributed by atoms with E-state index in [0.29, 0.717) is 0 Å². The second-order valence-corrected chi connectivity index (χ2v) is 17.9. The van der Waals surface area contributed by atoms with Crippen LogP contribution in [0.15, 0.2) is 107 Å². The molecule has 0 aliphatic carbocycles. The average Bonchev–Trinajstić information content (AvgIpc) is 3.51. The van der Waals surface area contributed by atoms with Crippen molar-refractivity contribution in [3.8, 4) is 0 Å². The highest BCUT2D eigenvalue weighted by Gasteiger charge is 2.45. The Bertz CT molecular complexity index is 2290. The molecule has 2 aliphatic heterocycles. The summed E-state index contributed by atoms with van der Waals surface area (Å²) in [6, 6.07) is 19.6. The number of fused-ring (bicyclic) bond motifs is 6. The number of rotatable bonds is 17. The van der Waals surface area contributed by atoms with Gasteiger partial charge in [0.15, 0.2) is 5.71 Å². The summed E-state index contributed by atoms with van der Waals surface area (Å²) in [5.41, 5.74) is 6.75. The highest BCUT2D eigenvalue weighted by Crippen LogP contribution is 2.51.